The van der Waals surface area contributed by atoms with Gasteiger partial charge in [0, 0.05) is 23.0 Å². The highest BCUT2D eigenvalue weighted by molar-refractivity contribution is 5.85. The zero-order valence-corrected chi connectivity index (χ0v) is 16.6. The molecule has 8 heteroatoms. The van der Waals surface area contributed by atoms with E-state index in [-0.39, 0.29) is 5.91 Å². The standard InChI is InChI=1S/C21H21N5O3/c1-13-9-18(15(3)26(13)20-10-14(2)29-25-20)12-23-24-21(27)16(4)28-19-7-5-17(11-22)6-8-19/h5-10,12,16H,1-4H3,(H,24,27)/b23-12-/t16-/m0/s1. The number of carbonyl (C=O) groups is 1. The first-order valence-electron chi connectivity index (χ1n) is 9.01. The Balaban J connectivity index is 1.63. The first-order chi connectivity index (χ1) is 13.9. The van der Waals surface area contributed by atoms with Crippen molar-refractivity contribution < 1.29 is 14.1 Å². The van der Waals surface area contributed by atoms with Crippen LogP contribution in [0.15, 0.2) is 46.0 Å². The number of benzene rings is 1. The van der Waals surface area contributed by atoms with Crippen LogP contribution in [0.1, 0.15) is 35.2 Å². The van der Waals surface area contributed by atoms with Gasteiger partial charge in [-0.15, -0.1) is 0 Å². The van der Waals surface area contributed by atoms with Gasteiger partial charge in [0.05, 0.1) is 17.8 Å². The minimum Gasteiger partial charge on any atom is -0.481 e. The van der Waals surface area contributed by atoms with Crippen molar-refractivity contribution in [3.8, 4) is 17.6 Å². The lowest BCUT2D eigenvalue weighted by Crippen LogP contribution is -2.33. The SMILES string of the molecule is Cc1cc(-n2c(C)cc(/C=N\NC(=O)[C@H](C)Oc3ccc(C#N)cc3)c2C)no1. The molecule has 0 saturated heterocycles. The molecule has 0 radical (unpaired) electrons. The summed E-state index contributed by atoms with van der Waals surface area (Å²) in [7, 11) is 0. The zero-order valence-electron chi connectivity index (χ0n) is 16.6. The van der Waals surface area contributed by atoms with Crippen molar-refractivity contribution in [1.82, 2.24) is 15.1 Å². The molecular formula is C21H21N5O3. The maximum absolute atomic E-state index is 12.2. The van der Waals surface area contributed by atoms with Gasteiger partial charge >= 0.3 is 0 Å². The number of aromatic nitrogens is 2. The number of amides is 1. The fourth-order valence-electron chi connectivity index (χ4n) is 2.85. The number of hydrogen-bond acceptors (Lipinski definition) is 6. The van der Waals surface area contributed by atoms with E-state index in [0.717, 1.165) is 22.7 Å². The van der Waals surface area contributed by atoms with Crippen LogP contribution in [0.5, 0.6) is 5.75 Å². The molecule has 8 nitrogen and oxygen atoms in total. The lowest BCUT2D eigenvalue weighted by Gasteiger charge is -2.12. The molecule has 0 aliphatic rings. The van der Waals surface area contributed by atoms with Crippen molar-refractivity contribution in [2.75, 3.05) is 0 Å². The molecule has 148 valence electrons. The van der Waals surface area contributed by atoms with Gasteiger partial charge < -0.3 is 9.26 Å². The van der Waals surface area contributed by atoms with E-state index in [1.54, 1.807) is 37.4 Å². The first kappa shape index (κ1) is 19.9. The molecule has 0 saturated carbocycles. The lowest BCUT2D eigenvalue weighted by atomic mass is 10.2. The average molecular weight is 391 g/mol. The zero-order chi connectivity index (χ0) is 21.0. The Bertz CT molecular complexity index is 1090. The second-order valence-corrected chi connectivity index (χ2v) is 6.59. The van der Waals surface area contributed by atoms with Crippen molar-refractivity contribution in [2.45, 2.75) is 33.8 Å². The monoisotopic (exact) mass is 391 g/mol. The smallest absolute Gasteiger partial charge is 0.280 e. The molecule has 1 aromatic carbocycles. The van der Waals surface area contributed by atoms with Crippen molar-refractivity contribution in [1.29, 1.82) is 5.26 Å². The highest BCUT2D eigenvalue weighted by atomic mass is 16.5. The number of aryl methyl sites for hydroxylation is 2. The summed E-state index contributed by atoms with van der Waals surface area (Å²) >= 11 is 0. The van der Waals surface area contributed by atoms with Gasteiger partial charge in [-0.2, -0.15) is 10.4 Å². The molecule has 3 rings (SSSR count). The quantitative estimate of drug-likeness (QED) is 0.513. The largest absolute Gasteiger partial charge is 0.481 e. The number of ether oxygens (including phenoxy) is 1. The topological polar surface area (TPSA) is 105 Å². The maximum Gasteiger partial charge on any atom is 0.280 e. The average Bonchev–Trinajstić information content (AvgIpc) is 3.24. The third-order valence-electron chi connectivity index (χ3n) is 4.36. The molecule has 2 aromatic heterocycles. The molecule has 0 unspecified atom stereocenters. The number of carbonyl (C=O) groups excluding carboxylic acids is 1. The van der Waals surface area contributed by atoms with E-state index in [9.17, 15) is 4.79 Å². The van der Waals surface area contributed by atoms with Crippen LogP contribution in [-0.4, -0.2) is 27.9 Å². The van der Waals surface area contributed by atoms with Crippen LogP contribution in [0.25, 0.3) is 5.82 Å². The number of nitrogens with one attached hydrogen (secondary N) is 1. The molecule has 0 spiro atoms. The first-order valence-corrected chi connectivity index (χ1v) is 9.01. The molecule has 1 atom stereocenters. The van der Waals surface area contributed by atoms with Crippen LogP contribution in [0.4, 0.5) is 0 Å². The summed E-state index contributed by atoms with van der Waals surface area (Å²) in [6, 6.07) is 12.4. The van der Waals surface area contributed by atoms with E-state index in [1.807, 2.05) is 43.5 Å². The lowest BCUT2D eigenvalue weighted by molar-refractivity contribution is -0.127. The fourth-order valence-corrected chi connectivity index (χ4v) is 2.85. The van der Waals surface area contributed by atoms with Crippen LogP contribution in [-0.2, 0) is 4.79 Å². The molecule has 29 heavy (non-hydrogen) atoms. The number of nitriles is 1. The minimum absolute atomic E-state index is 0.383. The van der Waals surface area contributed by atoms with Gasteiger partial charge in [0.15, 0.2) is 11.9 Å². The van der Waals surface area contributed by atoms with Gasteiger partial charge in [-0.3, -0.25) is 9.36 Å². The number of hydrogen-bond donors (Lipinski definition) is 1. The van der Waals surface area contributed by atoms with Crippen molar-refractivity contribution in [3.05, 3.63) is 64.7 Å². The molecule has 0 fully saturated rings. The second kappa shape index (κ2) is 8.44. The highest BCUT2D eigenvalue weighted by Crippen LogP contribution is 2.19. The fraction of sp³-hybridized carbons (Fsp3) is 0.238. The van der Waals surface area contributed by atoms with Gasteiger partial charge in [-0.25, -0.2) is 5.43 Å². The maximum atomic E-state index is 12.2. The van der Waals surface area contributed by atoms with Gasteiger partial charge in [0.25, 0.3) is 5.91 Å². The second-order valence-electron chi connectivity index (χ2n) is 6.59. The van der Waals surface area contributed by atoms with E-state index in [4.69, 9.17) is 14.5 Å². The van der Waals surface area contributed by atoms with Crippen molar-refractivity contribution >= 4 is 12.1 Å². The van der Waals surface area contributed by atoms with Crippen LogP contribution in [0, 0.1) is 32.1 Å². The Labute approximate surface area is 168 Å². The summed E-state index contributed by atoms with van der Waals surface area (Å²) < 4.78 is 12.7. The number of rotatable bonds is 6. The molecule has 1 N–H and O–H groups in total. The van der Waals surface area contributed by atoms with Gasteiger partial charge in [0.1, 0.15) is 11.5 Å². The third-order valence-corrected chi connectivity index (χ3v) is 4.36. The van der Waals surface area contributed by atoms with Crippen LogP contribution < -0.4 is 10.2 Å². The Hall–Kier alpha value is -3.86. The molecule has 0 aliphatic heterocycles. The van der Waals surface area contributed by atoms with Crippen molar-refractivity contribution in [2.24, 2.45) is 5.10 Å². The molecular weight excluding hydrogens is 370 g/mol. The molecule has 0 aliphatic carbocycles. The summed E-state index contributed by atoms with van der Waals surface area (Å²) in [4.78, 5) is 12.2. The molecule has 0 bridgehead atoms. The number of nitrogens with zero attached hydrogens (tertiary/aromatic N) is 4. The summed E-state index contributed by atoms with van der Waals surface area (Å²) in [6.07, 6.45) is 0.837. The van der Waals surface area contributed by atoms with E-state index in [1.165, 1.54) is 0 Å². The third kappa shape index (κ3) is 4.52. The van der Waals surface area contributed by atoms with E-state index in [0.29, 0.717) is 17.1 Å². The van der Waals surface area contributed by atoms with E-state index in [2.05, 4.69) is 15.7 Å². The van der Waals surface area contributed by atoms with Crippen LogP contribution in [0.3, 0.4) is 0 Å². The molecule has 3 aromatic rings. The predicted octanol–water partition coefficient (Wildman–Crippen LogP) is 3.18. The van der Waals surface area contributed by atoms with E-state index >= 15 is 0 Å². The predicted molar refractivity (Wildman–Crippen MR) is 107 cm³/mol. The summed E-state index contributed by atoms with van der Waals surface area (Å²) in [5.41, 5.74) is 5.76. The number of hydrazone groups is 1. The van der Waals surface area contributed by atoms with Gasteiger partial charge in [-0.05, 0) is 58.0 Å². The van der Waals surface area contributed by atoms with Crippen LogP contribution >= 0.6 is 0 Å². The minimum atomic E-state index is -0.745. The molecule has 1 amide bonds. The van der Waals surface area contributed by atoms with Gasteiger partial charge in [-0.1, -0.05) is 5.16 Å². The van der Waals surface area contributed by atoms with Crippen molar-refractivity contribution in [3.63, 3.8) is 0 Å². The summed E-state index contributed by atoms with van der Waals surface area (Å²) in [6.45, 7) is 7.36. The van der Waals surface area contributed by atoms with Crippen LogP contribution in [0.2, 0.25) is 0 Å². The Morgan fingerprint density at radius 3 is 2.66 bits per heavy atom. The molecule has 2 heterocycles. The normalized spacial score (nSPS) is 12.0. The summed E-state index contributed by atoms with van der Waals surface area (Å²) in [5.74, 6) is 1.55. The van der Waals surface area contributed by atoms with E-state index < -0.39 is 6.10 Å². The van der Waals surface area contributed by atoms with Gasteiger partial charge in [0.2, 0.25) is 0 Å². The summed E-state index contributed by atoms with van der Waals surface area (Å²) in [5, 5.41) is 16.9. The Morgan fingerprint density at radius 2 is 2.03 bits per heavy atom. The highest BCUT2D eigenvalue weighted by Gasteiger charge is 2.15. The Morgan fingerprint density at radius 1 is 1.31 bits per heavy atom. The Kier molecular flexibility index (Phi) is 5.79.